The van der Waals surface area contributed by atoms with E-state index in [0.717, 1.165) is 0 Å². The summed E-state index contributed by atoms with van der Waals surface area (Å²) in [7, 11) is 0. The van der Waals surface area contributed by atoms with E-state index in [2.05, 4.69) is 11.3 Å². The highest BCUT2D eigenvalue weighted by Crippen LogP contribution is 2.00. The summed E-state index contributed by atoms with van der Waals surface area (Å²) in [6, 6.07) is 0. The molecule has 0 radical (unpaired) electrons. The average molecular weight is 198 g/mol. The molecule has 0 fully saturated rings. The Labute approximate surface area is 80.7 Å². The van der Waals surface area contributed by atoms with Crippen molar-refractivity contribution in [2.45, 2.75) is 13.8 Å². The molecule has 14 heavy (non-hydrogen) atoms. The van der Waals surface area contributed by atoms with Crippen LogP contribution in [0.4, 0.5) is 0 Å². The van der Waals surface area contributed by atoms with E-state index in [9.17, 15) is 14.4 Å². The second-order valence-corrected chi connectivity index (χ2v) is 2.62. The van der Waals surface area contributed by atoms with E-state index in [1.165, 1.54) is 13.8 Å². The monoisotopic (exact) mass is 198 g/mol. The van der Waals surface area contributed by atoms with Crippen LogP contribution in [0.2, 0.25) is 0 Å². The molecule has 0 aliphatic rings. The number of carboxylic acid groups (broad SMARTS) is 1. The number of carbonyl (C=O) groups excluding carboxylic acids is 2. The van der Waals surface area contributed by atoms with Crippen molar-refractivity contribution in [3.05, 3.63) is 23.8 Å². The molecule has 76 valence electrons. The third-order valence-corrected chi connectivity index (χ3v) is 1.20. The van der Waals surface area contributed by atoms with Gasteiger partial charge < -0.3 is 9.84 Å². The Kier molecular flexibility index (Phi) is 4.28. The molecule has 5 nitrogen and oxygen atoms in total. The van der Waals surface area contributed by atoms with Crippen molar-refractivity contribution in [3.63, 3.8) is 0 Å². The van der Waals surface area contributed by atoms with E-state index in [1.807, 2.05) is 0 Å². The number of carboxylic acids is 1. The lowest BCUT2D eigenvalue weighted by Crippen LogP contribution is -2.14. The maximum atomic E-state index is 11.0. The second-order valence-electron chi connectivity index (χ2n) is 2.62. The van der Waals surface area contributed by atoms with Gasteiger partial charge in [0, 0.05) is 17.2 Å². The smallest absolute Gasteiger partial charge is 0.341 e. The number of hydrogen-bond acceptors (Lipinski definition) is 4. The summed E-state index contributed by atoms with van der Waals surface area (Å²) in [5.74, 6) is -3.13. The van der Waals surface area contributed by atoms with Crippen molar-refractivity contribution in [2.24, 2.45) is 0 Å². The van der Waals surface area contributed by atoms with Crippen LogP contribution in [0.1, 0.15) is 13.8 Å². The van der Waals surface area contributed by atoms with Crippen LogP contribution in [0.5, 0.6) is 0 Å². The van der Waals surface area contributed by atoms with Gasteiger partial charge in [-0.25, -0.2) is 14.4 Å². The minimum Gasteiger partial charge on any atom is -0.478 e. The molecule has 0 aliphatic carbocycles. The molecule has 0 spiro atoms. The minimum atomic E-state index is -1.28. The van der Waals surface area contributed by atoms with E-state index in [1.54, 1.807) is 0 Å². The number of aliphatic carboxylic acids is 1. The number of rotatable bonds is 3. The van der Waals surface area contributed by atoms with E-state index in [-0.39, 0.29) is 11.1 Å². The third-order valence-electron chi connectivity index (χ3n) is 1.20. The van der Waals surface area contributed by atoms with Crippen molar-refractivity contribution < 1.29 is 24.2 Å². The highest BCUT2D eigenvalue weighted by molar-refractivity contribution is 6.03. The highest BCUT2D eigenvalue weighted by atomic mass is 16.6. The van der Waals surface area contributed by atoms with Crippen molar-refractivity contribution in [1.29, 1.82) is 0 Å². The lowest BCUT2D eigenvalue weighted by atomic mass is 10.3. The summed E-state index contributed by atoms with van der Waals surface area (Å²) in [4.78, 5) is 32.0. The molecule has 0 saturated carbocycles. The van der Waals surface area contributed by atoms with Gasteiger partial charge in [0.05, 0.1) is 0 Å². The first-order valence-corrected chi connectivity index (χ1v) is 3.68. The van der Waals surface area contributed by atoms with Gasteiger partial charge in [0.15, 0.2) is 0 Å². The van der Waals surface area contributed by atoms with E-state index in [0.29, 0.717) is 6.08 Å². The van der Waals surface area contributed by atoms with Crippen LogP contribution in [0, 0.1) is 0 Å². The van der Waals surface area contributed by atoms with Crippen LogP contribution in [0.15, 0.2) is 23.8 Å². The van der Waals surface area contributed by atoms with Crippen molar-refractivity contribution in [1.82, 2.24) is 0 Å². The fourth-order valence-electron chi connectivity index (χ4n) is 0.496. The van der Waals surface area contributed by atoms with Gasteiger partial charge in [0.2, 0.25) is 0 Å². The van der Waals surface area contributed by atoms with Crippen LogP contribution in [0.25, 0.3) is 0 Å². The molecule has 1 N–H and O–H groups in total. The normalized spacial score (nSPS) is 10.6. The van der Waals surface area contributed by atoms with Crippen LogP contribution < -0.4 is 0 Å². The SMILES string of the molecule is C=C(C)C(=O)OC(=O)/C(C)=C\C(=O)O. The fourth-order valence-corrected chi connectivity index (χ4v) is 0.496. The van der Waals surface area contributed by atoms with Crippen molar-refractivity contribution >= 4 is 17.9 Å². The van der Waals surface area contributed by atoms with Crippen molar-refractivity contribution in [2.75, 3.05) is 0 Å². The van der Waals surface area contributed by atoms with Gasteiger partial charge in [-0.15, -0.1) is 0 Å². The molecule has 0 saturated heterocycles. The lowest BCUT2D eigenvalue weighted by Gasteiger charge is -2.00. The quantitative estimate of drug-likeness (QED) is 0.409. The molecule has 0 bridgehead atoms. The highest BCUT2D eigenvalue weighted by Gasteiger charge is 2.13. The van der Waals surface area contributed by atoms with Crippen LogP contribution in [-0.4, -0.2) is 23.0 Å². The second kappa shape index (κ2) is 4.96. The summed E-state index contributed by atoms with van der Waals surface area (Å²) in [5, 5.41) is 8.29. The van der Waals surface area contributed by atoms with Crippen LogP contribution in [-0.2, 0) is 19.1 Å². The predicted molar refractivity (Wildman–Crippen MR) is 47.3 cm³/mol. The Balaban J connectivity index is 4.44. The number of esters is 2. The first-order valence-electron chi connectivity index (χ1n) is 3.68. The maximum Gasteiger partial charge on any atom is 0.341 e. The molecule has 0 aromatic heterocycles. The minimum absolute atomic E-state index is 0.0708. The zero-order valence-electron chi connectivity index (χ0n) is 7.86. The lowest BCUT2D eigenvalue weighted by molar-refractivity contribution is -0.154. The Morgan fingerprint density at radius 3 is 2.07 bits per heavy atom. The van der Waals surface area contributed by atoms with Gasteiger partial charge in [-0.3, -0.25) is 0 Å². The zero-order chi connectivity index (χ0) is 11.3. The average Bonchev–Trinajstić information content (AvgIpc) is 2.02. The van der Waals surface area contributed by atoms with Gasteiger partial charge in [-0.2, -0.15) is 0 Å². The fraction of sp³-hybridized carbons (Fsp3) is 0.222. The largest absolute Gasteiger partial charge is 0.478 e. The molecule has 0 atom stereocenters. The summed E-state index contributed by atoms with van der Waals surface area (Å²) in [6.45, 7) is 5.88. The molecule has 0 aromatic carbocycles. The number of carbonyl (C=O) groups is 3. The first kappa shape index (κ1) is 12.1. The van der Waals surface area contributed by atoms with Gasteiger partial charge >= 0.3 is 17.9 Å². The summed E-state index contributed by atoms with van der Waals surface area (Å²) in [6.07, 6.45) is 0.661. The molecular formula is C9H10O5. The summed E-state index contributed by atoms with van der Waals surface area (Å²) in [5.41, 5.74) is -0.0893. The summed E-state index contributed by atoms with van der Waals surface area (Å²) < 4.78 is 4.27. The van der Waals surface area contributed by atoms with E-state index >= 15 is 0 Å². The van der Waals surface area contributed by atoms with Gasteiger partial charge in [0.25, 0.3) is 0 Å². The third kappa shape index (κ3) is 4.20. The predicted octanol–water partition coefficient (Wildman–Crippen LogP) is 0.663. The molecule has 0 aromatic rings. The van der Waals surface area contributed by atoms with E-state index < -0.39 is 17.9 Å². The molecule has 0 rings (SSSR count). The first-order chi connectivity index (χ1) is 6.34. The number of hydrogen-bond donors (Lipinski definition) is 1. The molecule has 5 heteroatoms. The van der Waals surface area contributed by atoms with Gasteiger partial charge in [0.1, 0.15) is 0 Å². The molecular weight excluding hydrogens is 188 g/mol. The molecule has 0 amide bonds. The van der Waals surface area contributed by atoms with Crippen molar-refractivity contribution in [3.8, 4) is 0 Å². The molecule has 0 aliphatic heterocycles. The van der Waals surface area contributed by atoms with Crippen LogP contribution >= 0.6 is 0 Å². The Bertz CT molecular complexity index is 324. The topological polar surface area (TPSA) is 80.7 Å². The Hall–Kier alpha value is -1.91. The Morgan fingerprint density at radius 1 is 1.21 bits per heavy atom. The summed E-state index contributed by atoms with van der Waals surface area (Å²) >= 11 is 0. The number of ether oxygens (including phenoxy) is 1. The molecule has 0 heterocycles. The Morgan fingerprint density at radius 2 is 1.71 bits per heavy atom. The van der Waals surface area contributed by atoms with Crippen LogP contribution in [0.3, 0.4) is 0 Å². The molecule has 0 unspecified atom stereocenters. The zero-order valence-corrected chi connectivity index (χ0v) is 7.86. The maximum absolute atomic E-state index is 11.0. The van der Waals surface area contributed by atoms with E-state index in [4.69, 9.17) is 5.11 Å². The van der Waals surface area contributed by atoms with Gasteiger partial charge in [-0.05, 0) is 13.8 Å². The standard InChI is InChI=1S/C9H10O5/c1-5(2)8(12)14-9(13)6(3)4-7(10)11/h4H,1H2,2-3H3,(H,10,11)/b6-4-. The van der Waals surface area contributed by atoms with Gasteiger partial charge in [-0.1, -0.05) is 6.58 Å².